The topological polar surface area (TPSA) is 28.2 Å². The van der Waals surface area contributed by atoms with E-state index in [1.165, 1.54) is 38.0 Å². The summed E-state index contributed by atoms with van der Waals surface area (Å²) in [6.45, 7) is 4.81. The number of hydrogen-bond donors (Lipinski definition) is 1. The molecule has 0 aliphatic carbocycles. The van der Waals surface area contributed by atoms with Crippen molar-refractivity contribution in [3.63, 3.8) is 0 Å². The first-order valence-corrected chi connectivity index (χ1v) is 6.26. The lowest BCUT2D eigenvalue weighted by atomic mass is 9.93. The fraction of sp³-hybridized carbons (Fsp3) is 0.615. The van der Waals surface area contributed by atoms with E-state index in [1.807, 2.05) is 12.4 Å². The van der Waals surface area contributed by atoms with Crippen molar-refractivity contribution >= 4 is 12.4 Å². The fourth-order valence-corrected chi connectivity index (χ4v) is 3.01. The van der Waals surface area contributed by atoms with Crippen LogP contribution < -0.4 is 5.32 Å². The predicted molar refractivity (Wildman–Crippen MR) is 71.3 cm³/mol. The summed E-state index contributed by atoms with van der Waals surface area (Å²) in [6, 6.07) is 5.05. The van der Waals surface area contributed by atoms with E-state index in [0.29, 0.717) is 0 Å². The van der Waals surface area contributed by atoms with Crippen molar-refractivity contribution in [1.82, 2.24) is 15.2 Å². The van der Waals surface area contributed by atoms with E-state index in [2.05, 4.69) is 27.3 Å². The highest BCUT2D eigenvalue weighted by Crippen LogP contribution is 2.25. The summed E-state index contributed by atoms with van der Waals surface area (Å²) >= 11 is 0. The van der Waals surface area contributed by atoms with Crippen molar-refractivity contribution in [3.8, 4) is 0 Å². The lowest BCUT2D eigenvalue weighted by Crippen LogP contribution is -2.43. The van der Waals surface area contributed by atoms with Crippen molar-refractivity contribution in [2.24, 2.45) is 5.92 Å². The molecule has 3 nitrogen and oxygen atoms in total. The number of hydrogen-bond acceptors (Lipinski definition) is 3. The van der Waals surface area contributed by atoms with E-state index < -0.39 is 0 Å². The molecule has 1 aromatic heterocycles. The molecule has 0 saturated carbocycles. The molecule has 0 bridgehead atoms. The van der Waals surface area contributed by atoms with Gasteiger partial charge in [-0.2, -0.15) is 0 Å². The molecule has 0 radical (unpaired) electrons. The second-order valence-corrected chi connectivity index (χ2v) is 4.99. The molecule has 2 aliphatic rings. The standard InChI is InChI=1S/C13H19N3.ClH/c1-5-14-6-2-11(1)9-16-8-4-13-12(10-16)3-7-15-13;/h1-2,5-6,12-13,15H,3-4,7-10H2;1H. The van der Waals surface area contributed by atoms with E-state index >= 15 is 0 Å². The van der Waals surface area contributed by atoms with Crippen LogP contribution in [0.5, 0.6) is 0 Å². The van der Waals surface area contributed by atoms with Crippen LogP contribution in [0.25, 0.3) is 0 Å². The molecule has 17 heavy (non-hydrogen) atoms. The molecule has 1 N–H and O–H groups in total. The highest BCUT2D eigenvalue weighted by atomic mass is 35.5. The third-order valence-corrected chi connectivity index (χ3v) is 3.90. The normalized spacial score (nSPS) is 28.5. The van der Waals surface area contributed by atoms with Gasteiger partial charge in [0.1, 0.15) is 0 Å². The summed E-state index contributed by atoms with van der Waals surface area (Å²) in [6.07, 6.45) is 6.45. The number of halogens is 1. The average Bonchev–Trinajstić information content (AvgIpc) is 2.77. The molecular formula is C13H20ClN3. The van der Waals surface area contributed by atoms with Gasteiger partial charge in [-0.05, 0) is 49.5 Å². The Hall–Kier alpha value is -0.640. The maximum Gasteiger partial charge on any atom is 0.0271 e. The number of nitrogens with zero attached hydrogens (tertiary/aromatic N) is 2. The van der Waals surface area contributed by atoms with Crippen molar-refractivity contribution in [1.29, 1.82) is 0 Å². The molecule has 0 spiro atoms. The van der Waals surface area contributed by atoms with Crippen LogP contribution in [0.4, 0.5) is 0 Å². The largest absolute Gasteiger partial charge is 0.314 e. The minimum atomic E-state index is 0. The summed E-state index contributed by atoms with van der Waals surface area (Å²) in [5.74, 6) is 0.885. The Morgan fingerprint density at radius 3 is 2.94 bits per heavy atom. The van der Waals surface area contributed by atoms with Crippen LogP contribution in [0.15, 0.2) is 24.5 Å². The zero-order valence-corrected chi connectivity index (χ0v) is 10.8. The number of likely N-dealkylation sites (tertiary alicyclic amines) is 1. The maximum absolute atomic E-state index is 4.06. The highest BCUT2D eigenvalue weighted by Gasteiger charge is 2.32. The van der Waals surface area contributed by atoms with E-state index in [4.69, 9.17) is 0 Å². The Morgan fingerprint density at radius 1 is 1.29 bits per heavy atom. The van der Waals surface area contributed by atoms with Crippen molar-refractivity contribution in [3.05, 3.63) is 30.1 Å². The van der Waals surface area contributed by atoms with Gasteiger partial charge in [0, 0.05) is 31.5 Å². The number of nitrogens with one attached hydrogen (secondary N) is 1. The highest BCUT2D eigenvalue weighted by molar-refractivity contribution is 5.85. The summed E-state index contributed by atoms with van der Waals surface area (Å²) in [7, 11) is 0. The second-order valence-electron chi connectivity index (χ2n) is 4.99. The van der Waals surface area contributed by atoms with Crippen LogP contribution in [-0.2, 0) is 6.54 Å². The molecule has 2 fully saturated rings. The lowest BCUT2D eigenvalue weighted by Gasteiger charge is -2.34. The van der Waals surface area contributed by atoms with Crippen molar-refractivity contribution < 1.29 is 0 Å². The van der Waals surface area contributed by atoms with Crippen molar-refractivity contribution in [2.75, 3.05) is 19.6 Å². The fourth-order valence-electron chi connectivity index (χ4n) is 3.01. The van der Waals surface area contributed by atoms with Gasteiger partial charge in [-0.3, -0.25) is 9.88 Å². The van der Waals surface area contributed by atoms with Crippen LogP contribution in [0, 0.1) is 5.92 Å². The monoisotopic (exact) mass is 253 g/mol. The number of fused-ring (bicyclic) bond motifs is 1. The first-order chi connectivity index (χ1) is 7.92. The Morgan fingerprint density at radius 2 is 2.12 bits per heavy atom. The Labute approximate surface area is 109 Å². The van der Waals surface area contributed by atoms with Gasteiger partial charge in [-0.1, -0.05) is 0 Å². The van der Waals surface area contributed by atoms with Crippen LogP contribution in [0.2, 0.25) is 0 Å². The molecule has 1 aromatic rings. The van der Waals surface area contributed by atoms with E-state index in [1.54, 1.807) is 0 Å². The van der Waals surface area contributed by atoms with E-state index in [0.717, 1.165) is 18.5 Å². The van der Waals surface area contributed by atoms with Crippen LogP contribution >= 0.6 is 12.4 Å². The van der Waals surface area contributed by atoms with Gasteiger partial charge in [0.25, 0.3) is 0 Å². The molecule has 2 saturated heterocycles. The minimum absolute atomic E-state index is 0. The van der Waals surface area contributed by atoms with Gasteiger partial charge in [0.2, 0.25) is 0 Å². The summed E-state index contributed by atoms with van der Waals surface area (Å²) in [5.41, 5.74) is 1.39. The van der Waals surface area contributed by atoms with Gasteiger partial charge in [0.15, 0.2) is 0 Å². The Kier molecular flexibility index (Phi) is 4.37. The molecule has 2 unspecified atom stereocenters. The molecule has 0 amide bonds. The molecule has 3 heterocycles. The zero-order chi connectivity index (χ0) is 10.8. The SMILES string of the molecule is Cl.c1cc(CN2CCC3NCCC3C2)ccn1. The lowest BCUT2D eigenvalue weighted by molar-refractivity contribution is 0.156. The number of piperidine rings is 1. The quantitative estimate of drug-likeness (QED) is 0.870. The predicted octanol–water partition coefficient (Wildman–Crippen LogP) is 1.69. The first kappa shape index (κ1) is 12.8. The summed E-state index contributed by atoms with van der Waals surface area (Å²) in [5, 5.41) is 3.61. The summed E-state index contributed by atoms with van der Waals surface area (Å²) in [4.78, 5) is 6.65. The van der Waals surface area contributed by atoms with Gasteiger partial charge in [-0.15, -0.1) is 12.4 Å². The van der Waals surface area contributed by atoms with Gasteiger partial charge < -0.3 is 5.32 Å². The van der Waals surface area contributed by atoms with E-state index in [-0.39, 0.29) is 12.4 Å². The average molecular weight is 254 g/mol. The zero-order valence-electron chi connectivity index (χ0n) is 10.0. The second kappa shape index (κ2) is 5.80. The molecule has 94 valence electrons. The van der Waals surface area contributed by atoms with Crippen LogP contribution in [0.3, 0.4) is 0 Å². The molecule has 2 atom stereocenters. The third kappa shape index (κ3) is 2.97. The number of aromatic nitrogens is 1. The summed E-state index contributed by atoms with van der Waals surface area (Å²) < 4.78 is 0. The maximum atomic E-state index is 4.06. The first-order valence-electron chi connectivity index (χ1n) is 6.26. The number of rotatable bonds is 2. The molecule has 4 heteroatoms. The molecular weight excluding hydrogens is 234 g/mol. The minimum Gasteiger partial charge on any atom is -0.314 e. The molecule has 3 rings (SSSR count). The smallest absolute Gasteiger partial charge is 0.0271 e. The van der Waals surface area contributed by atoms with Gasteiger partial charge >= 0.3 is 0 Å². The van der Waals surface area contributed by atoms with Gasteiger partial charge in [0.05, 0.1) is 0 Å². The van der Waals surface area contributed by atoms with Gasteiger partial charge in [-0.25, -0.2) is 0 Å². The third-order valence-electron chi connectivity index (χ3n) is 3.90. The Balaban J connectivity index is 0.00000108. The Bertz CT molecular complexity index is 344. The molecule has 2 aliphatic heterocycles. The van der Waals surface area contributed by atoms with Crippen LogP contribution in [-0.4, -0.2) is 35.6 Å². The molecule has 0 aromatic carbocycles. The van der Waals surface area contributed by atoms with Crippen molar-refractivity contribution in [2.45, 2.75) is 25.4 Å². The number of pyridine rings is 1. The van der Waals surface area contributed by atoms with E-state index in [9.17, 15) is 0 Å². The van der Waals surface area contributed by atoms with Crippen LogP contribution in [0.1, 0.15) is 18.4 Å².